The highest BCUT2D eigenvalue weighted by molar-refractivity contribution is 7.18. The standard InChI is InChI=1S/C17H17N3O3S/c1-22-16-11(17(21)23-2)7-8-14(20-16)18-10-9-15-19-12-5-3-4-6-13(12)24-15/h3-8H,9-10H2,1-2H3,(H,18,20). The molecule has 0 aliphatic rings. The van der Waals surface area contributed by atoms with Gasteiger partial charge >= 0.3 is 5.97 Å². The molecule has 124 valence electrons. The Labute approximate surface area is 143 Å². The number of aromatic nitrogens is 2. The van der Waals surface area contributed by atoms with Crippen molar-refractivity contribution in [3.05, 3.63) is 47.0 Å². The molecule has 0 unspecified atom stereocenters. The zero-order chi connectivity index (χ0) is 16.9. The molecule has 0 aliphatic carbocycles. The lowest BCUT2D eigenvalue weighted by molar-refractivity contribution is 0.0596. The van der Waals surface area contributed by atoms with E-state index < -0.39 is 5.97 Å². The Morgan fingerprint density at radius 2 is 2.00 bits per heavy atom. The lowest BCUT2D eigenvalue weighted by atomic mass is 10.2. The van der Waals surface area contributed by atoms with Crippen LogP contribution in [0.1, 0.15) is 15.4 Å². The average Bonchev–Trinajstić information content (AvgIpc) is 3.03. The fourth-order valence-corrected chi connectivity index (χ4v) is 3.25. The van der Waals surface area contributed by atoms with Gasteiger partial charge in [0.25, 0.3) is 0 Å². The van der Waals surface area contributed by atoms with E-state index in [1.807, 2.05) is 18.2 Å². The number of methoxy groups -OCH3 is 2. The van der Waals surface area contributed by atoms with Crippen molar-refractivity contribution in [2.45, 2.75) is 6.42 Å². The van der Waals surface area contributed by atoms with Crippen LogP contribution < -0.4 is 10.1 Å². The molecule has 3 aromatic rings. The third kappa shape index (κ3) is 3.46. The van der Waals surface area contributed by atoms with Gasteiger partial charge in [0.05, 0.1) is 29.4 Å². The van der Waals surface area contributed by atoms with Gasteiger partial charge < -0.3 is 14.8 Å². The number of nitrogens with zero attached hydrogens (tertiary/aromatic N) is 2. The first-order valence-electron chi connectivity index (χ1n) is 7.43. The molecule has 6 nitrogen and oxygen atoms in total. The number of fused-ring (bicyclic) bond motifs is 1. The summed E-state index contributed by atoms with van der Waals surface area (Å²) >= 11 is 1.69. The monoisotopic (exact) mass is 343 g/mol. The van der Waals surface area contributed by atoms with Crippen molar-refractivity contribution in [1.29, 1.82) is 0 Å². The maximum atomic E-state index is 11.6. The van der Waals surface area contributed by atoms with Gasteiger partial charge in [-0.15, -0.1) is 11.3 Å². The molecule has 0 saturated heterocycles. The Morgan fingerprint density at radius 1 is 1.17 bits per heavy atom. The minimum absolute atomic E-state index is 0.242. The quantitative estimate of drug-likeness (QED) is 0.693. The summed E-state index contributed by atoms with van der Waals surface area (Å²) in [4.78, 5) is 20.5. The molecule has 0 aliphatic heterocycles. The highest BCUT2D eigenvalue weighted by Crippen LogP contribution is 2.22. The summed E-state index contributed by atoms with van der Waals surface area (Å²) in [5.41, 5.74) is 1.33. The number of thiazole rings is 1. The van der Waals surface area contributed by atoms with Crippen LogP contribution in [0.5, 0.6) is 5.88 Å². The zero-order valence-corrected chi connectivity index (χ0v) is 14.2. The van der Waals surface area contributed by atoms with Crippen molar-refractivity contribution >= 4 is 33.3 Å². The van der Waals surface area contributed by atoms with Gasteiger partial charge in [0, 0.05) is 13.0 Å². The predicted octanol–water partition coefficient (Wildman–Crippen LogP) is 3.14. The molecule has 1 aromatic carbocycles. The molecular formula is C17H17N3O3S. The van der Waals surface area contributed by atoms with Crippen molar-refractivity contribution in [1.82, 2.24) is 9.97 Å². The average molecular weight is 343 g/mol. The lowest BCUT2D eigenvalue weighted by Gasteiger charge is -2.09. The number of benzene rings is 1. The molecule has 0 spiro atoms. The summed E-state index contributed by atoms with van der Waals surface area (Å²) in [5, 5.41) is 4.29. The predicted molar refractivity (Wildman–Crippen MR) is 93.9 cm³/mol. The number of ether oxygens (including phenoxy) is 2. The van der Waals surface area contributed by atoms with Crippen LogP contribution in [-0.4, -0.2) is 36.7 Å². The van der Waals surface area contributed by atoms with Crippen LogP contribution >= 0.6 is 11.3 Å². The highest BCUT2D eigenvalue weighted by Gasteiger charge is 2.14. The van der Waals surface area contributed by atoms with Crippen LogP contribution in [-0.2, 0) is 11.2 Å². The second-order valence-electron chi connectivity index (χ2n) is 5.00. The number of hydrogen-bond donors (Lipinski definition) is 1. The van der Waals surface area contributed by atoms with Crippen LogP contribution in [0.2, 0.25) is 0 Å². The summed E-state index contributed by atoms with van der Waals surface area (Å²) in [7, 11) is 2.80. The van der Waals surface area contributed by atoms with Crippen LogP contribution in [0.3, 0.4) is 0 Å². The van der Waals surface area contributed by atoms with Gasteiger partial charge in [-0.1, -0.05) is 12.1 Å². The minimum atomic E-state index is -0.472. The Bertz CT molecular complexity index is 830. The van der Waals surface area contributed by atoms with E-state index in [0.29, 0.717) is 17.9 Å². The Morgan fingerprint density at radius 3 is 2.75 bits per heavy atom. The van der Waals surface area contributed by atoms with Crippen molar-refractivity contribution < 1.29 is 14.3 Å². The van der Waals surface area contributed by atoms with Crippen LogP contribution in [0.15, 0.2) is 36.4 Å². The molecule has 0 saturated carbocycles. The van der Waals surface area contributed by atoms with Gasteiger partial charge in [0.15, 0.2) is 0 Å². The normalized spacial score (nSPS) is 10.6. The second kappa shape index (κ2) is 7.27. The van der Waals surface area contributed by atoms with E-state index in [1.165, 1.54) is 18.9 Å². The number of carbonyl (C=O) groups is 1. The smallest absolute Gasteiger partial charge is 0.343 e. The van der Waals surface area contributed by atoms with Crippen LogP contribution in [0, 0.1) is 0 Å². The number of rotatable bonds is 6. The number of hydrogen-bond acceptors (Lipinski definition) is 7. The van der Waals surface area contributed by atoms with Gasteiger partial charge in [-0.2, -0.15) is 4.98 Å². The molecule has 24 heavy (non-hydrogen) atoms. The second-order valence-corrected chi connectivity index (χ2v) is 6.11. The van der Waals surface area contributed by atoms with Gasteiger partial charge in [-0.3, -0.25) is 0 Å². The first kappa shape index (κ1) is 16.2. The number of esters is 1. The van der Waals surface area contributed by atoms with Crippen LogP contribution in [0.4, 0.5) is 5.82 Å². The number of carbonyl (C=O) groups excluding carboxylic acids is 1. The van der Waals surface area contributed by atoms with E-state index in [-0.39, 0.29) is 5.88 Å². The maximum Gasteiger partial charge on any atom is 0.343 e. The van der Waals surface area contributed by atoms with E-state index in [2.05, 4.69) is 21.4 Å². The first-order chi connectivity index (χ1) is 11.7. The van der Waals surface area contributed by atoms with Crippen molar-refractivity contribution in [2.75, 3.05) is 26.1 Å². The molecule has 2 heterocycles. The van der Waals surface area contributed by atoms with Crippen molar-refractivity contribution in [3.63, 3.8) is 0 Å². The third-order valence-corrected chi connectivity index (χ3v) is 4.54. The van der Waals surface area contributed by atoms with E-state index in [4.69, 9.17) is 9.47 Å². The number of nitrogens with one attached hydrogen (secondary N) is 1. The van der Waals surface area contributed by atoms with Crippen molar-refractivity contribution in [2.24, 2.45) is 0 Å². The number of pyridine rings is 1. The molecule has 7 heteroatoms. The van der Waals surface area contributed by atoms with Crippen LogP contribution in [0.25, 0.3) is 10.2 Å². The number of anilines is 1. The SMILES string of the molecule is COC(=O)c1ccc(NCCc2nc3ccccc3s2)nc1OC. The Kier molecular flexibility index (Phi) is 4.90. The van der Waals surface area contributed by atoms with Gasteiger partial charge in [-0.05, 0) is 24.3 Å². The molecule has 1 N–H and O–H groups in total. The summed E-state index contributed by atoms with van der Waals surface area (Å²) in [6.07, 6.45) is 0.794. The molecular weight excluding hydrogens is 326 g/mol. The van der Waals surface area contributed by atoms with E-state index in [9.17, 15) is 4.79 Å². The molecule has 0 fully saturated rings. The largest absolute Gasteiger partial charge is 0.480 e. The summed E-state index contributed by atoms with van der Waals surface area (Å²) in [6, 6.07) is 11.5. The summed E-state index contributed by atoms with van der Waals surface area (Å²) < 4.78 is 11.0. The van der Waals surface area contributed by atoms with E-state index in [1.54, 1.807) is 23.5 Å². The molecule has 0 radical (unpaired) electrons. The fraction of sp³-hybridized carbons (Fsp3) is 0.235. The topological polar surface area (TPSA) is 73.3 Å². The third-order valence-electron chi connectivity index (χ3n) is 3.44. The molecule has 2 aromatic heterocycles. The van der Waals surface area contributed by atoms with E-state index in [0.717, 1.165) is 16.9 Å². The molecule has 3 rings (SSSR count). The van der Waals surface area contributed by atoms with Crippen molar-refractivity contribution in [3.8, 4) is 5.88 Å². The van der Waals surface area contributed by atoms with Gasteiger partial charge in [0.1, 0.15) is 11.4 Å². The minimum Gasteiger partial charge on any atom is -0.480 e. The first-order valence-corrected chi connectivity index (χ1v) is 8.24. The van der Waals surface area contributed by atoms with Gasteiger partial charge in [0.2, 0.25) is 5.88 Å². The molecule has 0 amide bonds. The maximum absolute atomic E-state index is 11.6. The molecule has 0 bridgehead atoms. The Balaban J connectivity index is 1.65. The Hall–Kier alpha value is -2.67. The van der Waals surface area contributed by atoms with E-state index >= 15 is 0 Å². The fourth-order valence-electron chi connectivity index (χ4n) is 2.28. The lowest BCUT2D eigenvalue weighted by Crippen LogP contribution is -2.09. The summed E-state index contributed by atoms with van der Waals surface area (Å²) in [5.74, 6) is 0.410. The highest BCUT2D eigenvalue weighted by atomic mass is 32.1. The molecule has 0 atom stereocenters. The number of para-hydroxylation sites is 1. The zero-order valence-electron chi connectivity index (χ0n) is 13.4. The van der Waals surface area contributed by atoms with Gasteiger partial charge in [-0.25, -0.2) is 9.78 Å². The summed E-state index contributed by atoms with van der Waals surface area (Å²) in [6.45, 7) is 0.688.